The Morgan fingerprint density at radius 1 is 1.05 bits per heavy atom. The standard InChI is InChI=1S/C34H49FN2O3S/c1-9-33(5,6)25-16-17-29(27(21-25)34(7,8)10-2)40-19-12-11-18-36-30(38)28-22-41-32(37(28)31(39)23(3)4)24-14-13-15-26(35)20-24/h13-17,20-21,23,28,32H,9-12,18-19,22H2,1-8H3,(H,36,38). The molecule has 0 spiro atoms. The van der Waals surface area contributed by atoms with E-state index in [1.807, 2.05) is 19.9 Å². The van der Waals surface area contributed by atoms with Crippen LogP contribution in [-0.2, 0) is 20.4 Å². The van der Waals surface area contributed by atoms with Crippen LogP contribution in [0.25, 0.3) is 0 Å². The molecule has 7 heteroatoms. The molecule has 2 aromatic carbocycles. The second-order valence-electron chi connectivity index (χ2n) is 12.7. The molecule has 0 aliphatic carbocycles. The molecular weight excluding hydrogens is 535 g/mol. The van der Waals surface area contributed by atoms with E-state index in [0.717, 1.165) is 31.4 Å². The Morgan fingerprint density at radius 2 is 1.76 bits per heavy atom. The zero-order chi connectivity index (χ0) is 30.4. The van der Waals surface area contributed by atoms with Crippen molar-refractivity contribution in [3.8, 4) is 5.75 Å². The highest BCUT2D eigenvalue weighted by molar-refractivity contribution is 7.99. The summed E-state index contributed by atoms with van der Waals surface area (Å²) in [6.45, 7) is 18.3. The summed E-state index contributed by atoms with van der Waals surface area (Å²) >= 11 is 1.51. The summed E-state index contributed by atoms with van der Waals surface area (Å²) in [6, 6.07) is 12.3. The fraction of sp³-hybridized carbons (Fsp3) is 0.588. The van der Waals surface area contributed by atoms with Crippen LogP contribution >= 0.6 is 11.8 Å². The first-order chi connectivity index (χ1) is 19.3. The van der Waals surface area contributed by atoms with Crippen molar-refractivity contribution >= 4 is 23.6 Å². The number of carbonyl (C=O) groups is 2. The first kappa shape index (κ1) is 33.0. The van der Waals surface area contributed by atoms with Crippen molar-refractivity contribution in [2.24, 2.45) is 5.92 Å². The van der Waals surface area contributed by atoms with Crippen LogP contribution in [0.4, 0.5) is 4.39 Å². The van der Waals surface area contributed by atoms with Gasteiger partial charge in [0.05, 0.1) is 6.61 Å². The quantitative estimate of drug-likeness (QED) is 0.244. The van der Waals surface area contributed by atoms with Crippen LogP contribution in [0.15, 0.2) is 42.5 Å². The van der Waals surface area contributed by atoms with Gasteiger partial charge in [-0.1, -0.05) is 79.7 Å². The average molecular weight is 585 g/mol. The normalized spacial score (nSPS) is 17.7. The van der Waals surface area contributed by atoms with Gasteiger partial charge in [0.2, 0.25) is 11.8 Å². The zero-order valence-electron chi connectivity index (χ0n) is 26.2. The minimum atomic E-state index is -0.580. The number of unbranched alkanes of at least 4 members (excludes halogenated alkanes) is 1. The maximum Gasteiger partial charge on any atom is 0.243 e. The molecule has 5 nitrogen and oxygen atoms in total. The Labute approximate surface area is 251 Å². The van der Waals surface area contributed by atoms with E-state index in [0.29, 0.717) is 24.5 Å². The fourth-order valence-electron chi connectivity index (χ4n) is 4.93. The number of nitrogens with one attached hydrogen (secondary N) is 1. The van der Waals surface area contributed by atoms with E-state index >= 15 is 0 Å². The molecular formula is C34H49FN2O3S. The van der Waals surface area contributed by atoms with Gasteiger partial charge in [0, 0.05) is 23.8 Å². The topological polar surface area (TPSA) is 58.6 Å². The lowest BCUT2D eigenvalue weighted by Gasteiger charge is -2.30. The number of carbonyl (C=O) groups excluding carboxylic acids is 2. The van der Waals surface area contributed by atoms with Crippen molar-refractivity contribution in [3.63, 3.8) is 0 Å². The first-order valence-electron chi connectivity index (χ1n) is 15.1. The van der Waals surface area contributed by atoms with Gasteiger partial charge in [-0.25, -0.2) is 4.39 Å². The predicted molar refractivity (Wildman–Crippen MR) is 168 cm³/mol. The molecule has 1 aliphatic heterocycles. The molecule has 1 N–H and O–H groups in total. The Morgan fingerprint density at radius 3 is 2.39 bits per heavy atom. The van der Waals surface area contributed by atoms with Crippen molar-refractivity contribution in [1.82, 2.24) is 10.2 Å². The number of amides is 2. The van der Waals surface area contributed by atoms with Gasteiger partial charge in [-0.3, -0.25) is 9.59 Å². The summed E-state index contributed by atoms with van der Waals surface area (Å²) in [6.07, 6.45) is 3.65. The number of hydrogen-bond donors (Lipinski definition) is 1. The third kappa shape index (κ3) is 8.06. The molecule has 2 atom stereocenters. The number of rotatable bonds is 13. The van der Waals surface area contributed by atoms with Crippen LogP contribution in [0.3, 0.4) is 0 Å². The van der Waals surface area contributed by atoms with Crippen molar-refractivity contribution in [1.29, 1.82) is 0 Å². The summed E-state index contributed by atoms with van der Waals surface area (Å²) in [5.41, 5.74) is 3.40. The van der Waals surface area contributed by atoms with Crippen LogP contribution in [0.5, 0.6) is 5.75 Å². The fourth-order valence-corrected chi connectivity index (χ4v) is 6.36. The van der Waals surface area contributed by atoms with Crippen LogP contribution in [0.1, 0.15) is 103 Å². The Hall–Kier alpha value is -2.54. The highest BCUT2D eigenvalue weighted by atomic mass is 32.2. The molecule has 1 saturated heterocycles. The van der Waals surface area contributed by atoms with Crippen LogP contribution < -0.4 is 10.1 Å². The lowest BCUT2D eigenvalue weighted by atomic mass is 9.76. The molecule has 0 radical (unpaired) electrons. The minimum absolute atomic E-state index is 0.00507. The number of nitrogens with zero attached hydrogens (tertiary/aromatic N) is 1. The minimum Gasteiger partial charge on any atom is -0.493 e. The molecule has 41 heavy (non-hydrogen) atoms. The van der Waals surface area contributed by atoms with E-state index in [2.05, 4.69) is 65.1 Å². The van der Waals surface area contributed by atoms with Gasteiger partial charge in [0.1, 0.15) is 23.0 Å². The van der Waals surface area contributed by atoms with Crippen LogP contribution in [0.2, 0.25) is 0 Å². The van der Waals surface area contributed by atoms with Crippen molar-refractivity contribution in [2.75, 3.05) is 18.9 Å². The van der Waals surface area contributed by atoms with Gasteiger partial charge in [-0.05, 0) is 65.8 Å². The molecule has 1 fully saturated rings. The molecule has 1 aliphatic rings. The molecule has 226 valence electrons. The molecule has 2 unspecified atom stereocenters. The van der Waals surface area contributed by atoms with Crippen molar-refractivity contribution < 1.29 is 18.7 Å². The number of hydrogen-bond acceptors (Lipinski definition) is 4. The molecule has 3 rings (SSSR count). The van der Waals surface area contributed by atoms with E-state index < -0.39 is 6.04 Å². The SMILES string of the molecule is CCC(C)(C)c1ccc(OCCCCNC(=O)C2CSC(c3cccc(F)c3)N2C(=O)C(C)C)c(C(C)(C)CC)c1. The highest BCUT2D eigenvalue weighted by Gasteiger charge is 2.42. The summed E-state index contributed by atoms with van der Waals surface area (Å²) in [5, 5.41) is 2.66. The molecule has 1 heterocycles. The Balaban J connectivity index is 1.57. The number of halogens is 1. The van der Waals surface area contributed by atoms with Crippen molar-refractivity contribution in [3.05, 3.63) is 65.0 Å². The number of ether oxygens (including phenoxy) is 1. The smallest absolute Gasteiger partial charge is 0.243 e. The lowest BCUT2D eigenvalue weighted by molar-refractivity contribution is -0.142. The molecule has 2 aromatic rings. The molecule has 2 amide bonds. The third-order valence-corrected chi connectivity index (χ3v) is 9.89. The first-order valence-corrected chi connectivity index (χ1v) is 16.1. The maximum atomic E-state index is 13.9. The van der Waals surface area contributed by atoms with E-state index in [1.165, 1.54) is 35.0 Å². The van der Waals surface area contributed by atoms with Gasteiger partial charge in [-0.2, -0.15) is 0 Å². The highest BCUT2D eigenvalue weighted by Crippen LogP contribution is 2.42. The second-order valence-corrected chi connectivity index (χ2v) is 13.8. The molecule has 0 saturated carbocycles. The van der Waals surface area contributed by atoms with E-state index in [9.17, 15) is 14.0 Å². The van der Waals surface area contributed by atoms with Crippen LogP contribution in [0, 0.1) is 11.7 Å². The Bertz CT molecular complexity index is 1200. The summed E-state index contributed by atoms with van der Waals surface area (Å²) in [5.74, 6) is 0.549. The lowest BCUT2D eigenvalue weighted by Crippen LogP contribution is -2.49. The Kier molecular flexibility index (Phi) is 11.3. The largest absolute Gasteiger partial charge is 0.493 e. The van der Waals surface area contributed by atoms with Crippen LogP contribution in [-0.4, -0.2) is 41.7 Å². The summed E-state index contributed by atoms with van der Waals surface area (Å²) < 4.78 is 20.2. The van der Waals surface area contributed by atoms with Gasteiger partial charge in [-0.15, -0.1) is 11.8 Å². The zero-order valence-corrected chi connectivity index (χ0v) is 27.0. The second kappa shape index (κ2) is 14.1. The van der Waals surface area contributed by atoms with E-state index in [1.54, 1.807) is 11.0 Å². The summed E-state index contributed by atoms with van der Waals surface area (Å²) in [7, 11) is 0. The maximum absolute atomic E-state index is 13.9. The van der Waals surface area contributed by atoms with Crippen molar-refractivity contribution in [2.45, 2.75) is 103 Å². The van der Waals surface area contributed by atoms with Gasteiger partial charge < -0.3 is 15.0 Å². The van der Waals surface area contributed by atoms with E-state index in [4.69, 9.17) is 4.74 Å². The van der Waals surface area contributed by atoms with Gasteiger partial charge in [0.25, 0.3) is 0 Å². The number of benzene rings is 2. The summed E-state index contributed by atoms with van der Waals surface area (Å²) in [4.78, 5) is 27.9. The average Bonchev–Trinajstić information content (AvgIpc) is 3.39. The molecule has 0 aromatic heterocycles. The van der Waals surface area contributed by atoms with E-state index in [-0.39, 0.29) is 39.8 Å². The van der Waals surface area contributed by atoms with Gasteiger partial charge >= 0.3 is 0 Å². The third-order valence-electron chi connectivity index (χ3n) is 8.57. The number of thioether (sulfide) groups is 1. The van der Waals surface area contributed by atoms with Gasteiger partial charge in [0.15, 0.2) is 0 Å². The molecule has 0 bridgehead atoms. The predicted octanol–water partition coefficient (Wildman–Crippen LogP) is 7.77. The monoisotopic (exact) mass is 584 g/mol.